The molecule has 0 atom stereocenters. The Morgan fingerprint density at radius 1 is 1.69 bits per heavy atom. The molecular weight excluding hydrogens is 248 g/mol. The van der Waals surface area contributed by atoms with E-state index in [1.165, 1.54) is 19.6 Å². The maximum absolute atomic E-state index is 11.9. The van der Waals surface area contributed by atoms with Gasteiger partial charge in [0.05, 0.1) is 17.9 Å². The minimum Gasteiger partial charge on any atom is -0.392 e. The molecule has 0 saturated carbocycles. The molecule has 0 fully saturated rings. The average molecular weight is 262 g/mol. The predicted octanol–water partition coefficient (Wildman–Crippen LogP) is -0.190. The van der Waals surface area contributed by atoms with Crippen molar-refractivity contribution >= 4 is 27.2 Å². The zero-order valence-corrected chi connectivity index (χ0v) is 10.8. The highest BCUT2D eigenvalue weighted by Gasteiger charge is 2.23. The van der Waals surface area contributed by atoms with Gasteiger partial charge in [0.15, 0.2) is 5.03 Å². The third-order valence-electron chi connectivity index (χ3n) is 2.03. The summed E-state index contributed by atoms with van der Waals surface area (Å²) in [5.74, 6) is 0. The number of rotatable bonds is 5. The highest BCUT2D eigenvalue weighted by Crippen LogP contribution is 2.11. The van der Waals surface area contributed by atoms with Crippen LogP contribution in [0.25, 0.3) is 0 Å². The van der Waals surface area contributed by atoms with Crippen LogP contribution in [0, 0.1) is 0 Å². The van der Waals surface area contributed by atoms with Gasteiger partial charge in [0.1, 0.15) is 0 Å². The number of thiocarbonyl (C=S) groups is 1. The second-order valence-corrected chi connectivity index (χ2v) is 5.79. The minimum atomic E-state index is -3.59. The molecule has 0 saturated heterocycles. The van der Waals surface area contributed by atoms with Crippen LogP contribution in [-0.2, 0) is 16.6 Å². The molecule has 0 unspecified atom stereocenters. The molecule has 0 bridgehead atoms. The molecule has 90 valence electrons. The van der Waals surface area contributed by atoms with E-state index in [1.807, 2.05) is 6.92 Å². The summed E-state index contributed by atoms with van der Waals surface area (Å²) < 4.78 is 26.6. The molecule has 0 amide bonds. The molecule has 1 heterocycles. The number of sulfonamides is 1. The van der Waals surface area contributed by atoms with Crippen molar-refractivity contribution in [2.75, 3.05) is 13.6 Å². The summed E-state index contributed by atoms with van der Waals surface area (Å²) in [6.45, 7) is 2.58. The fourth-order valence-corrected chi connectivity index (χ4v) is 2.46. The van der Waals surface area contributed by atoms with E-state index in [9.17, 15) is 8.42 Å². The summed E-state index contributed by atoms with van der Waals surface area (Å²) in [5, 5.41) is 0.00750. The molecule has 6 nitrogen and oxygen atoms in total. The van der Waals surface area contributed by atoms with Crippen LogP contribution in [0.2, 0.25) is 0 Å². The molecule has 2 N–H and O–H groups in total. The van der Waals surface area contributed by atoms with Crippen LogP contribution >= 0.6 is 12.2 Å². The van der Waals surface area contributed by atoms with Gasteiger partial charge < -0.3 is 10.3 Å². The van der Waals surface area contributed by atoms with Crippen LogP contribution in [0.4, 0.5) is 0 Å². The van der Waals surface area contributed by atoms with Crippen LogP contribution in [0.3, 0.4) is 0 Å². The lowest BCUT2D eigenvalue weighted by Crippen LogP contribution is -2.34. The molecule has 16 heavy (non-hydrogen) atoms. The highest BCUT2D eigenvalue weighted by atomic mass is 32.2. The first-order valence-electron chi connectivity index (χ1n) is 4.64. The Balaban J connectivity index is 2.97. The topological polar surface area (TPSA) is 81.2 Å². The van der Waals surface area contributed by atoms with Crippen molar-refractivity contribution < 1.29 is 8.42 Å². The average Bonchev–Trinajstić information content (AvgIpc) is 2.65. The van der Waals surface area contributed by atoms with Gasteiger partial charge >= 0.3 is 0 Å². The Morgan fingerprint density at radius 3 is 2.75 bits per heavy atom. The number of imidazole rings is 1. The van der Waals surface area contributed by atoms with Gasteiger partial charge in [0.25, 0.3) is 10.0 Å². The Hall–Kier alpha value is -0.990. The molecular formula is C8H14N4O2S2. The van der Waals surface area contributed by atoms with Crippen molar-refractivity contribution in [3.8, 4) is 0 Å². The van der Waals surface area contributed by atoms with Gasteiger partial charge in [-0.3, -0.25) is 0 Å². The molecule has 1 rings (SSSR count). The number of aryl methyl sites for hydroxylation is 1. The molecule has 0 aromatic carbocycles. The number of likely N-dealkylation sites (N-methyl/N-ethyl adjacent to an activating group) is 1. The van der Waals surface area contributed by atoms with Gasteiger partial charge in [-0.15, -0.1) is 0 Å². The number of hydrogen-bond donors (Lipinski definition) is 1. The number of nitrogens with two attached hydrogens (primary N) is 1. The van der Waals surface area contributed by atoms with Crippen molar-refractivity contribution in [2.24, 2.45) is 5.73 Å². The lowest BCUT2D eigenvalue weighted by Gasteiger charge is -2.14. The quantitative estimate of drug-likeness (QED) is 0.744. The van der Waals surface area contributed by atoms with E-state index in [1.54, 1.807) is 4.57 Å². The fourth-order valence-electron chi connectivity index (χ4n) is 1.11. The summed E-state index contributed by atoms with van der Waals surface area (Å²) in [4.78, 5) is 3.96. The maximum Gasteiger partial charge on any atom is 0.262 e. The van der Waals surface area contributed by atoms with E-state index in [4.69, 9.17) is 5.73 Å². The zero-order valence-electron chi connectivity index (χ0n) is 9.12. The maximum atomic E-state index is 11.9. The van der Waals surface area contributed by atoms with Gasteiger partial charge in [-0.25, -0.2) is 13.4 Å². The summed E-state index contributed by atoms with van der Waals surface area (Å²) in [6, 6.07) is 0. The van der Waals surface area contributed by atoms with Crippen LogP contribution < -0.4 is 5.73 Å². The molecule has 1 aromatic rings. The van der Waals surface area contributed by atoms with Gasteiger partial charge in [-0.1, -0.05) is 12.2 Å². The first kappa shape index (κ1) is 13.1. The van der Waals surface area contributed by atoms with Crippen molar-refractivity contribution in [1.82, 2.24) is 13.9 Å². The van der Waals surface area contributed by atoms with E-state index < -0.39 is 10.0 Å². The minimum absolute atomic E-state index is 0.00750. The van der Waals surface area contributed by atoms with Crippen LogP contribution in [0.1, 0.15) is 6.92 Å². The van der Waals surface area contributed by atoms with Gasteiger partial charge in [0.2, 0.25) is 0 Å². The normalized spacial score (nSPS) is 11.9. The highest BCUT2D eigenvalue weighted by molar-refractivity contribution is 7.89. The van der Waals surface area contributed by atoms with Gasteiger partial charge in [0, 0.05) is 19.8 Å². The Morgan fingerprint density at radius 2 is 2.31 bits per heavy atom. The Labute approximate surface area is 100 Å². The summed E-state index contributed by atoms with van der Waals surface area (Å²) in [7, 11) is -2.17. The standard InChI is InChI=1S/C8H14N4O2S2/c1-3-12-5-8(10-6-12)16(13,14)11(2)4-7(9)15/h5-6H,3-4H2,1-2H3,(H2,9,15). The lowest BCUT2D eigenvalue weighted by atomic mass is 10.7. The third-order valence-corrected chi connectivity index (χ3v) is 3.85. The summed E-state index contributed by atoms with van der Waals surface area (Å²) in [6.07, 6.45) is 2.95. The summed E-state index contributed by atoms with van der Waals surface area (Å²) >= 11 is 4.66. The molecule has 0 aliphatic rings. The SMILES string of the molecule is CCn1cnc(S(=O)(=O)N(C)CC(N)=S)c1. The van der Waals surface area contributed by atoms with Crippen LogP contribution in [0.15, 0.2) is 17.6 Å². The van der Waals surface area contributed by atoms with E-state index in [-0.39, 0.29) is 16.6 Å². The van der Waals surface area contributed by atoms with E-state index >= 15 is 0 Å². The Bertz CT molecular complexity index is 480. The fraction of sp³-hybridized carbons (Fsp3) is 0.500. The Kier molecular flexibility index (Phi) is 4.00. The second-order valence-electron chi connectivity index (χ2n) is 3.27. The number of aromatic nitrogens is 2. The predicted molar refractivity (Wildman–Crippen MR) is 64.5 cm³/mol. The first-order valence-corrected chi connectivity index (χ1v) is 6.49. The van der Waals surface area contributed by atoms with Crippen molar-refractivity contribution in [2.45, 2.75) is 18.5 Å². The molecule has 0 aliphatic carbocycles. The van der Waals surface area contributed by atoms with E-state index in [0.29, 0.717) is 6.54 Å². The second kappa shape index (κ2) is 4.89. The molecule has 1 aromatic heterocycles. The largest absolute Gasteiger partial charge is 0.392 e. The zero-order chi connectivity index (χ0) is 12.3. The van der Waals surface area contributed by atoms with Gasteiger partial charge in [-0.2, -0.15) is 4.31 Å². The molecule has 0 spiro atoms. The summed E-state index contributed by atoms with van der Waals surface area (Å²) in [5.41, 5.74) is 5.30. The monoisotopic (exact) mass is 262 g/mol. The first-order chi connectivity index (χ1) is 7.37. The molecule has 8 heteroatoms. The smallest absolute Gasteiger partial charge is 0.262 e. The van der Waals surface area contributed by atoms with Crippen LogP contribution in [-0.4, -0.2) is 40.9 Å². The third kappa shape index (κ3) is 2.77. The molecule has 0 radical (unpaired) electrons. The van der Waals surface area contributed by atoms with Crippen LogP contribution in [0.5, 0.6) is 0 Å². The van der Waals surface area contributed by atoms with Crippen molar-refractivity contribution in [1.29, 1.82) is 0 Å². The van der Waals surface area contributed by atoms with E-state index in [2.05, 4.69) is 17.2 Å². The van der Waals surface area contributed by atoms with Crippen molar-refractivity contribution in [3.05, 3.63) is 12.5 Å². The van der Waals surface area contributed by atoms with Crippen molar-refractivity contribution in [3.63, 3.8) is 0 Å². The molecule has 0 aliphatic heterocycles. The van der Waals surface area contributed by atoms with Gasteiger partial charge in [-0.05, 0) is 6.92 Å². The van der Waals surface area contributed by atoms with E-state index in [0.717, 1.165) is 4.31 Å². The number of nitrogens with zero attached hydrogens (tertiary/aromatic N) is 3. The number of hydrogen-bond acceptors (Lipinski definition) is 4. The lowest BCUT2D eigenvalue weighted by molar-refractivity contribution is 0.503.